The summed E-state index contributed by atoms with van der Waals surface area (Å²) >= 11 is 6.10. The molecule has 1 aliphatic rings. The van der Waals surface area contributed by atoms with Crippen molar-refractivity contribution in [3.05, 3.63) is 58.9 Å². The van der Waals surface area contributed by atoms with Gasteiger partial charge in [0.25, 0.3) is 0 Å². The highest BCUT2D eigenvalue weighted by Gasteiger charge is 2.22. The van der Waals surface area contributed by atoms with Crippen molar-refractivity contribution in [2.75, 3.05) is 11.1 Å². The summed E-state index contributed by atoms with van der Waals surface area (Å²) in [6, 6.07) is 12.1. The Morgan fingerprint density at radius 1 is 1.04 bits per heavy atom. The van der Waals surface area contributed by atoms with Gasteiger partial charge in [-0.05, 0) is 54.3 Å². The third kappa shape index (κ3) is 3.29. The van der Waals surface area contributed by atoms with E-state index in [2.05, 4.69) is 27.4 Å². The summed E-state index contributed by atoms with van der Waals surface area (Å²) in [6.45, 7) is 4.00. The van der Waals surface area contributed by atoms with Crippen LogP contribution in [0.4, 0.5) is 11.5 Å². The Morgan fingerprint density at radius 2 is 1.83 bits per heavy atom. The van der Waals surface area contributed by atoms with Gasteiger partial charge in [-0.2, -0.15) is 0 Å². The second-order valence-corrected chi connectivity index (χ2v) is 6.10. The van der Waals surface area contributed by atoms with Crippen LogP contribution in [0.25, 0.3) is 10.9 Å². The lowest BCUT2D eigenvalue weighted by Gasteiger charge is -2.14. The zero-order valence-electron chi connectivity index (χ0n) is 13.9. The number of fused-ring (bicyclic) bond motifs is 2. The molecule has 0 fully saturated rings. The van der Waals surface area contributed by atoms with E-state index in [1.54, 1.807) is 6.33 Å². The minimum atomic E-state index is 0.314. The summed E-state index contributed by atoms with van der Waals surface area (Å²) in [5, 5.41) is 5.16. The molecule has 2 aromatic carbocycles. The van der Waals surface area contributed by atoms with Gasteiger partial charge in [0, 0.05) is 22.1 Å². The maximum Gasteiger partial charge on any atom is 0.137 e. The van der Waals surface area contributed by atoms with Gasteiger partial charge < -0.3 is 11.1 Å². The van der Waals surface area contributed by atoms with E-state index in [0.29, 0.717) is 11.1 Å². The minimum Gasteiger partial charge on any atom is -0.399 e. The monoisotopic (exact) mass is 340 g/mol. The van der Waals surface area contributed by atoms with Crippen LogP contribution < -0.4 is 11.1 Å². The Morgan fingerprint density at radius 3 is 2.67 bits per heavy atom. The molecule has 0 bridgehead atoms. The lowest BCUT2D eigenvalue weighted by Crippen LogP contribution is -2.20. The van der Waals surface area contributed by atoms with E-state index >= 15 is 0 Å². The van der Waals surface area contributed by atoms with E-state index in [1.165, 1.54) is 11.1 Å². The third-order valence-corrected chi connectivity index (χ3v) is 4.34. The van der Waals surface area contributed by atoms with Gasteiger partial charge >= 0.3 is 0 Å². The summed E-state index contributed by atoms with van der Waals surface area (Å²) in [4.78, 5) is 8.67. The van der Waals surface area contributed by atoms with Crippen molar-refractivity contribution >= 4 is 34.0 Å². The van der Waals surface area contributed by atoms with Crippen molar-refractivity contribution in [2.24, 2.45) is 0 Å². The number of halogens is 1. The first-order valence-electron chi connectivity index (χ1n) is 8.23. The van der Waals surface area contributed by atoms with Crippen LogP contribution in [-0.2, 0) is 12.8 Å². The normalized spacial score (nSPS) is 15.5. The zero-order chi connectivity index (χ0) is 17.1. The van der Waals surface area contributed by atoms with Crippen molar-refractivity contribution in [3.63, 3.8) is 0 Å². The molecule has 3 N–H and O–H groups in total. The van der Waals surface area contributed by atoms with E-state index in [9.17, 15) is 0 Å². The Kier molecular flexibility index (Phi) is 4.86. The molecule has 0 amide bonds. The van der Waals surface area contributed by atoms with Crippen LogP contribution in [0.5, 0.6) is 0 Å². The Hall–Kier alpha value is -2.33. The molecule has 0 spiro atoms. The summed E-state index contributed by atoms with van der Waals surface area (Å²) in [5.74, 6) is 0.832. The first-order chi connectivity index (χ1) is 11.7. The maximum absolute atomic E-state index is 6.10. The van der Waals surface area contributed by atoms with Crippen LogP contribution in [0.1, 0.15) is 25.0 Å². The van der Waals surface area contributed by atoms with E-state index in [0.717, 1.165) is 35.2 Å². The second kappa shape index (κ2) is 7.05. The van der Waals surface area contributed by atoms with Crippen LogP contribution in [0, 0.1) is 0 Å². The lowest BCUT2D eigenvalue weighted by molar-refractivity contribution is 0.770. The number of hydrogen-bond donors (Lipinski definition) is 2. The van der Waals surface area contributed by atoms with Crippen LogP contribution in [-0.4, -0.2) is 16.0 Å². The Bertz CT molecular complexity index is 863. The highest BCUT2D eigenvalue weighted by atomic mass is 35.5. The number of nitrogens with one attached hydrogen (secondary N) is 1. The largest absolute Gasteiger partial charge is 0.399 e. The van der Waals surface area contributed by atoms with E-state index in [-0.39, 0.29) is 0 Å². The fourth-order valence-electron chi connectivity index (χ4n) is 3.08. The van der Waals surface area contributed by atoms with Gasteiger partial charge in [0.2, 0.25) is 0 Å². The molecule has 1 heterocycles. The van der Waals surface area contributed by atoms with Crippen molar-refractivity contribution in [1.82, 2.24) is 9.97 Å². The average Bonchev–Trinajstić information content (AvgIpc) is 2.98. The number of rotatable bonds is 2. The highest BCUT2D eigenvalue weighted by molar-refractivity contribution is 6.31. The molecule has 0 saturated carbocycles. The quantitative estimate of drug-likeness (QED) is 0.675. The molecule has 4 nitrogen and oxygen atoms in total. The van der Waals surface area contributed by atoms with Gasteiger partial charge in [-0.1, -0.05) is 31.5 Å². The van der Waals surface area contributed by atoms with Gasteiger partial charge in [0.05, 0.1) is 5.52 Å². The lowest BCUT2D eigenvalue weighted by atomic mass is 10.1. The van der Waals surface area contributed by atoms with Crippen LogP contribution in [0.2, 0.25) is 5.02 Å². The second-order valence-electron chi connectivity index (χ2n) is 5.66. The minimum absolute atomic E-state index is 0.314. The summed E-state index contributed by atoms with van der Waals surface area (Å²) < 4.78 is 0. The molecule has 4 rings (SSSR count). The first kappa shape index (κ1) is 16.5. The van der Waals surface area contributed by atoms with E-state index in [1.807, 2.05) is 38.1 Å². The average molecular weight is 341 g/mol. The van der Waals surface area contributed by atoms with Crippen molar-refractivity contribution in [2.45, 2.75) is 32.7 Å². The van der Waals surface area contributed by atoms with Crippen LogP contribution in [0.15, 0.2) is 42.7 Å². The summed E-state index contributed by atoms with van der Waals surface area (Å²) in [5.41, 5.74) is 10.2. The number of hydrogen-bond acceptors (Lipinski definition) is 4. The molecule has 1 unspecified atom stereocenters. The molecule has 124 valence electrons. The number of nitrogens with zero attached hydrogens (tertiary/aromatic N) is 2. The van der Waals surface area contributed by atoms with Gasteiger partial charge in [-0.15, -0.1) is 0 Å². The van der Waals surface area contributed by atoms with Gasteiger partial charge in [0.15, 0.2) is 0 Å². The molecule has 0 saturated heterocycles. The van der Waals surface area contributed by atoms with Crippen molar-refractivity contribution in [1.29, 1.82) is 0 Å². The van der Waals surface area contributed by atoms with E-state index in [4.69, 9.17) is 17.3 Å². The molecule has 3 aromatic rings. The molecule has 0 radical (unpaired) electrons. The predicted molar refractivity (Wildman–Crippen MR) is 102 cm³/mol. The van der Waals surface area contributed by atoms with Crippen LogP contribution in [0.3, 0.4) is 0 Å². The van der Waals surface area contributed by atoms with Gasteiger partial charge in [0.1, 0.15) is 12.1 Å². The van der Waals surface area contributed by atoms with Gasteiger partial charge in [-0.25, -0.2) is 9.97 Å². The standard InChI is InChI=1S/C17H15ClN4.C2H6/c18-12-2-4-16-15(8-12)17(21-9-20-16)22-14-6-10-1-3-13(19)5-11(10)7-14;1-2/h1-5,8-9,14H,6-7,19H2,(H,20,21,22);1-2H3. The fourth-order valence-corrected chi connectivity index (χ4v) is 3.25. The molecule has 1 aliphatic carbocycles. The molecule has 0 aliphatic heterocycles. The maximum atomic E-state index is 6.10. The molecular formula is C19H21ClN4. The molecule has 1 aromatic heterocycles. The number of benzene rings is 2. The van der Waals surface area contributed by atoms with Crippen LogP contribution >= 0.6 is 11.6 Å². The first-order valence-corrected chi connectivity index (χ1v) is 8.61. The molecular weight excluding hydrogens is 320 g/mol. The fraction of sp³-hybridized carbons (Fsp3) is 0.263. The number of anilines is 2. The topological polar surface area (TPSA) is 63.8 Å². The summed E-state index contributed by atoms with van der Waals surface area (Å²) in [6.07, 6.45) is 3.51. The number of aromatic nitrogens is 2. The molecule has 1 atom stereocenters. The SMILES string of the molecule is CC.Nc1ccc2c(c1)CC(Nc1ncnc3ccc(Cl)cc13)C2. The number of nitrogen functional groups attached to an aromatic ring is 1. The number of nitrogens with two attached hydrogens (primary N) is 1. The van der Waals surface area contributed by atoms with E-state index < -0.39 is 0 Å². The molecule has 5 heteroatoms. The highest BCUT2D eigenvalue weighted by Crippen LogP contribution is 2.28. The third-order valence-electron chi connectivity index (χ3n) is 4.10. The smallest absolute Gasteiger partial charge is 0.137 e. The van der Waals surface area contributed by atoms with Crippen molar-refractivity contribution < 1.29 is 0 Å². The Labute approximate surface area is 147 Å². The molecule has 24 heavy (non-hydrogen) atoms. The predicted octanol–water partition coefficient (Wildman–Crippen LogP) is 4.47. The Balaban J connectivity index is 0.000000815. The summed E-state index contributed by atoms with van der Waals surface area (Å²) in [7, 11) is 0. The van der Waals surface area contributed by atoms with Crippen molar-refractivity contribution in [3.8, 4) is 0 Å². The van der Waals surface area contributed by atoms with Gasteiger partial charge in [-0.3, -0.25) is 0 Å². The zero-order valence-corrected chi connectivity index (χ0v) is 14.6.